The fourth-order valence-corrected chi connectivity index (χ4v) is 3.27. The van der Waals surface area contributed by atoms with Crippen molar-refractivity contribution in [2.45, 2.75) is 19.9 Å². The first-order valence-electron chi connectivity index (χ1n) is 9.27. The molecule has 0 aromatic rings. The van der Waals surface area contributed by atoms with Gasteiger partial charge in [0.05, 0.1) is 26.4 Å². The highest BCUT2D eigenvalue weighted by Crippen LogP contribution is 2.12. The molecule has 0 spiro atoms. The van der Waals surface area contributed by atoms with Crippen molar-refractivity contribution in [3.8, 4) is 0 Å². The zero-order chi connectivity index (χ0) is 17.2. The van der Waals surface area contributed by atoms with Crippen LogP contribution in [0.15, 0.2) is 4.99 Å². The van der Waals surface area contributed by atoms with Crippen molar-refractivity contribution < 1.29 is 9.47 Å². The van der Waals surface area contributed by atoms with Crippen molar-refractivity contribution >= 4 is 5.96 Å². The molecule has 0 aromatic carbocycles. The summed E-state index contributed by atoms with van der Waals surface area (Å²) in [5.41, 5.74) is 0. The molecule has 7 heteroatoms. The van der Waals surface area contributed by atoms with Gasteiger partial charge in [0.25, 0.3) is 0 Å². The van der Waals surface area contributed by atoms with E-state index in [-0.39, 0.29) is 0 Å². The normalized spacial score (nSPS) is 22.6. The molecule has 24 heavy (non-hydrogen) atoms. The summed E-state index contributed by atoms with van der Waals surface area (Å²) in [6, 6.07) is 0.506. The molecule has 2 aliphatic rings. The highest BCUT2D eigenvalue weighted by Gasteiger charge is 2.23. The number of guanidine groups is 1. The van der Waals surface area contributed by atoms with Gasteiger partial charge in [-0.05, 0) is 5.92 Å². The summed E-state index contributed by atoms with van der Waals surface area (Å²) in [6.07, 6.45) is 0. The predicted molar refractivity (Wildman–Crippen MR) is 97.6 cm³/mol. The van der Waals surface area contributed by atoms with E-state index in [0.717, 1.165) is 78.2 Å². The second kappa shape index (κ2) is 10.9. The van der Waals surface area contributed by atoms with Gasteiger partial charge in [0.2, 0.25) is 0 Å². The zero-order valence-electron chi connectivity index (χ0n) is 15.6. The lowest BCUT2D eigenvalue weighted by Crippen LogP contribution is -2.53. The number of morpholine rings is 2. The van der Waals surface area contributed by atoms with Crippen molar-refractivity contribution in [3.05, 3.63) is 0 Å². The average molecular weight is 342 g/mol. The molecule has 2 rings (SSSR count). The average Bonchev–Trinajstić information content (AvgIpc) is 2.62. The summed E-state index contributed by atoms with van der Waals surface area (Å²) < 4.78 is 10.9. The molecule has 7 nitrogen and oxygen atoms in total. The largest absolute Gasteiger partial charge is 0.379 e. The van der Waals surface area contributed by atoms with Crippen LogP contribution in [-0.2, 0) is 9.47 Å². The van der Waals surface area contributed by atoms with Crippen LogP contribution in [0.2, 0.25) is 0 Å². The number of nitrogens with zero attached hydrogens (tertiary/aromatic N) is 3. The molecule has 0 aliphatic carbocycles. The molecule has 0 radical (unpaired) electrons. The van der Waals surface area contributed by atoms with Crippen molar-refractivity contribution in [2.75, 3.05) is 79.3 Å². The van der Waals surface area contributed by atoms with Gasteiger partial charge in [0.1, 0.15) is 0 Å². The molecule has 1 unspecified atom stereocenters. The maximum absolute atomic E-state index is 5.48. The van der Waals surface area contributed by atoms with Crippen LogP contribution < -0.4 is 10.6 Å². The lowest BCUT2D eigenvalue weighted by molar-refractivity contribution is 0.00751. The van der Waals surface area contributed by atoms with Crippen LogP contribution in [0.4, 0.5) is 0 Å². The van der Waals surface area contributed by atoms with Crippen LogP contribution in [0.3, 0.4) is 0 Å². The molecule has 2 N–H and O–H groups in total. The summed E-state index contributed by atoms with van der Waals surface area (Å²) in [5.74, 6) is 1.49. The summed E-state index contributed by atoms with van der Waals surface area (Å²) in [7, 11) is 1.84. The summed E-state index contributed by atoms with van der Waals surface area (Å²) >= 11 is 0. The van der Waals surface area contributed by atoms with E-state index in [9.17, 15) is 0 Å². The van der Waals surface area contributed by atoms with Gasteiger partial charge < -0.3 is 20.1 Å². The third kappa shape index (κ3) is 6.55. The minimum atomic E-state index is 0.506. The SMILES string of the molecule is CN=C(NCCN1CCOCC1)NCC(C(C)C)N1CCOCC1. The summed E-state index contributed by atoms with van der Waals surface area (Å²) in [4.78, 5) is 9.31. The standard InChI is InChI=1S/C17H35N5O2/c1-15(2)16(22-8-12-24-13-9-22)14-20-17(18-3)19-4-5-21-6-10-23-11-7-21/h15-16H,4-14H2,1-3H3,(H2,18,19,20). The highest BCUT2D eigenvalue weighted by molar-refractivity contribution is 5.79. The third-order valence-corrected chi connectivity index (χ3v) is 4.81. The molecule has 0 aromatic heterocycles. The van der Waals surface area contributed by atoms with Crippen LogP contribution in [0.5, 0.6) is 0 Å². The lowest BCUT2D eigenvalue weighted by Gasteiger charge is -2.37. The Labute approximate surface area is 146 Å². The quantitative estimate of drug-likeness (QED) is 0.496. The minimum absolute atomic E-state index is 0.506. The Kier molecular flexibility index (Phi) is 8.80. The first-order chi connectivity index (χ1) is 11.7. The molecule has 0 amide bonds. The molecule has 0 saturated carbocycles. The van der Waals surface area contributed by atoms with Gasteiger partial charge in [-0.1, -0.05) is 13.8 Å². The number of ether oxygens (including phenoxy) is 2. The van der Waals surface area contributed by atoms with Gasteiger partial charge >= 0.3 is 0 Å². The maximum atomic E-state index is 5.48. The fraction of sp³-hybridized carbons (Fsp3) is 0.941. The highest BCUT2D eigenvalue weighted by atomic mass is 16.5. The maximum Gasteiger partial charge on any atom is 0.191 e. The van der Waals surface area contributed by atoms with E-state index in [4.69, 9.17) is 9.47 Å². The van der Waals surface area contributed by atoms with Gasteiger partial charge in [-0.3, -0.25) is 14.8 Å². The third-order valence-electron chi connectivity index (χ3n) is 4.81. The number of hydrogen-bond donors (Lipinski definition) is 2. The number of hydrogen-bond acceptors (Lipinski definition) is 5. The molecule has 140 valence electrons. The minimum Gasteiger partial charge on any atom is -0.379 e. The number of rotatable bonds is 7. The van der Waals surface area contributed by atoms with Gasteiger partial charge in [0.15, 0.2) is 5.96 Å². The van der Waals surface area contributed by atoms with Crippen molar-refractivity contribution in [3.63, 3.8) is 0 Å². The lowest BCUT2D eigenvalue weighted by atomic mass is 10.0. The van der Waals surface area contributed by atoms with E-state index >= 15 is 0 Å². The zero-order valence-corrected chi connectivity index (χ0v) is 15.6. The van der Waals surface area contributed by atoms with E-state index in [1.54, 1.807) is 0 Å². The summed E-state index contributed by atoms with van der Waals surface area (Å²) in [6.45, 7) is 14.9. The Morgan fingerprint density at radius 1 is 1.00 bits per heavy atom. The number of nitrogens with one attached hydrogen (secondary N) is 2. The van der Waals surface area contributed by atoms with Crippen LogP contribution in [0.1, 0.15) is 13.8 Å². The van der Waals surface area contributed by atoms with Crippen LogP contribution >= 0.6 is 0 Å². The molecular weight excluding hydrogens is 306 g/mol. The molecule has 2 aliphatic heterocycles. The van der Waals surface area contributed by atoms with Crippen molar-refractivity contribution in [2.24, 2.45) is 10.9 Å². The van der Waals surface area contributed by atoms with E-state index in [0.29, 0.717) is 12.0 Å². The Balaban J connectivity index is 1.70. The molecule has 0 bridgehead atoms. The van der Waals surface area contributed by atoms with Gasteiger partial charge in [-0.2, -0.15) is 0 Å². The Morgan fingerprint density at radius 3 is 2.21 bits per heavy atom. The van der Waals surface area contributed by atoms with Gasteiger partial charge in [0, 0.05) is 58.9 Å². The van der Waals surface area contributed by atoms with Crippen molar-refractivity contribution in [1.29, 1.82) is 0 Å². The second-order valence-electron chi connectivity index (χ2n) is 6.79. The topological polar surface area (TPSA) is 61.4 Å². The predicted octanol–water partition coefficient (Wildman–Crippen LogP) is -0.160. The molecule has 2 saturated heterocycles. The summed E-state index contributed by atoms with van der Waals surface area (Å²) in [5, 5.41) is 6.93. The first-order valence-corrected chi connectivity index (χ1v) is 9.27. The first kappa shape index (κ1) is 19.4. The van der Waals surface area contributed by atoms with Gasteiger partial charge in [-0.25, -0.2) is 0 Å². The smallest absolute Gasteiger partial charge is 0.191 e. The van der Waals surface area contributed by atoms with E-state index in [1.165, 1.54) is 0 Å². The van der Waals surface area contributed by atoms with E-state index in [2.05, 4.69) is 39.3 Å². The van der Waals surface area contributed by atoms with E-state index < -0.39 is 0 Å². The molecule has 2 heterocycles. The Hall–Kier alpha value is -0.890. The fourth-order valence-electron chi connectivity index (χ4n) is 3.27. The van der Waals surface area contributed by atoms with Crippen LogP contribution in [-0.4, -0.2) is 101 Å². The monoisotopic (exact) mass is 341 g/mol. The van der Waals surface area contributed by atoms with Crippen molar-refractivity contribution in [1.82, 2.24) is 20.4 Å². The molecular formula is C17H35N5O2. The van der Waals surface area contributed by atoms with E-state index in [1.807, 2.05) is 7.05 Å². The molecule has 2 fully saturated rings. The molecule has 1 atom stereocenters. The van der Waals surface area contributed by atoms with Crippen LogP contribution in [0.25, 0.3) is 0 Å². The van der Waals surface area contributed by atoms with Gasteiger partial charge in [-0.15, -0.1) is 0 Å². The Bertz CT molecular complexity index is 366. The number of aliphatic imine (C=N–C) groups is 1. The van der Waals surface area contributed by atoms with Crippen LogP contribution in [0, 0.1) is 5.92 Å². The Morgan fingerprint density at radius 2 is 1.62 bits per heavy atom. The second-order valence-corrected chi connectivity index (χ2v) is 6.79.